The maximum absolute atomic E-state index is 12.9. The summed E-state index contributed by atoms with van der Waals surface area (Å²) in [5.74, 6) is 0.591. The molecule has 1 saturated heterocycles. The SMILES string of the molecule is O=C1Nc2cccc3c2C1(CCCCN1CCN(c2ccccc2O)CC1)CCC3. The van der Waals surface area contributed by atoms with Crippen LogP contribution in [-0.4, -0.2) is 48.6 Å². The van der Waals surface area contributed by atoms with E-state index in [0.29, 0.717) is 5.75 Å². The number of hydrogen-bond acceptors (Lipinski definition) is 4. The first-order valence-electron chi connectivity index (χ1n) is 11.4. The Balaban J connectivity index is 1.14. The zero-order valence-electron chi connectivity index (χ0n) is 17.6. The molecule has 1 unspecified atom stereocenters. The Morgan fingerprint density at radius 3 is 2.67 bits per heavy atom. The van der Waals surface area contributed by atoms with Crippen LogP contribution in [0.2, 0.25) is 0 Å². The normalized spacial score (nSPS) is 23.3. The van der Waals surface area contributed by atoms with Crippen LogP contribution >= 0.6 is 0 Å². The number of rotatable bonds is 6. The van der Waals surface area contributed by atoms with E-state index in [2.05, 4.69) is 33.3 Å². The molecular formula is C25H31N3O2. The number of nitrogens with one attached hydrogen (secondary N) is 1. The highest BCUT2D eigenvalue weighted by molar-refractivity contribution is 6.07. The van der Waals surface area contributed by atoms with E-state index >= 15 is 0 Å². The molecule has 158 valence electrons. The van der Waals surface area contributed by atoms with E-state index in [1.165, 1.54) is 11.1 Å². The summed E-state index contributed by atoms with van der Waals surface area (Å²) in [6, 6.07) is 13.9. The lowest BCUT2D eigenvalue weighted by Crippen LogP contribution is -2.46. The van der Waals surface area contributed by atoms with E-state index in [9.17, 15) is 9.90 Å². The van der Waals surface area contributed by atoms with Gasteiger partial charge in [0.25, 0.3) is 0 Å². The van der Waals surface area contributed by atoms with Gasteiger partial charge in [-0.15, -0.1) is 0 Å². The Morgan fingerprint density at radius 2 is 1.83 bits per heavy atom. The van der Waals surface area contributed by atoms with Crippen molar-refractivity contribution < 1.29 is 9.90 Å². The molecule has 2 heterocycles. The molecule has 2 aromatic rings. The Labute approximate surface area is 178 Å². The third-order valence-corrected chi connectivity index (χ3v) is 7.28. The maximum Gasteiger partial charge on any atom is 0.235 e. The van der Waals surface area contributed by atoms with Crippen LogP contribution in [0.25, 0.3) is 0 Å². The molecule has 0 spiro atoms. The Hall–Kier alpha value is -2.53. The Bertz CT molecular complexity index is 936. The van der Waals surface area contributed by atoms with Gasteiger partial charge in [0.1, 0.15) is 5.75 Å². The van der Waals surface area contributed by atoms with Crippen molar-refractivity contribution in [2.24, 2.45) is 0 Å². The average molecular weight is 406 g/mol. The molecule has 0 saturated carbocycles. The van der Waals surface area contributed by atoms with Crippen molar-refractivity contribution in [1.82, 2.24) is 4.90 Å². The van der Waals surface area contributed by atoms with Crippen molar-refractivity contribution in [3.8, 4) is 5.75 Å². The van der Waals surface area contributed by atoms with Gasteiger partial charge in [-0.3, -0.25) is 9.69 Å². The molecule has 0 bridgehead atoms. The van der Waals surface area contributed by atoms with Gasteiger partial charge in [0, 0.05) is 31.9 Å². The van der Waals surface area contributed by atoms with Gasteiger partial charge in [-0.05, 0) is 68.0 Å². The number of piperazine rings is 1. The standard InChI is InChI=1S/C25H31N3O2/c29-22-11-2-1-10-21(22)28-17-15-27(16-18-28)14-4-3-12-25-13-6-8-19-7-5-9-20(23(19)25)26-24(25)30/h1-2,5,7,9-11,29H,3-4,6,8,12-18H2,(H,26,30). The molecule has 5 heteroatoms. The zero-order valence-corrected chi connectivity index (χ0v) is 17.6. The van der Waals surface area contributed by atoms with Gasteiger partial charge in [-0.25, -0.2) is 0 Å². The van der Waals surface area contributed by atoms with Gasteiger partial charge in [0.2, 0.25) is 5.91 Å². The fraction of sp³-hybridized carbons (Fsp3) is 0.480. The molecule has 1 amide bonds. The zero-order chi connectivity index (χ0) is 20.6. The number of benzene rings is 2. The minimum Gasteiger partial charge on any atom is -0.506 e. The summed E-state index contributed by atoms with van der Waals surface area (Å²) in [7, 11) is 0. The molecule has 1 atom stereocenters. The van der Waals surface area contributed by atoms with Crippen LogP contribution < -0.4 is 10.2 Å². The second kappa shape index (κ2) is 7.95. The summed E-state index contributed by atoms with van der Waals surface area (Å²) in [6.45, 7) is 5.02. The second-order valence-corrected chi connectivity index (χ2v) is 9.00. The topological polar surface area (TPSA) is 55.8 Å². The van der Waals surface area contributed by atoms with E-state index in [0.717, 1.165) is 82.6 Å². The number of anilines is 2. The first kappa shape index (κ1) is 19.4. The minimum atomic E-state index is -0.284. The van der Waals surface area contributed by atoms with Gasteiger partial charge in [-0.2, -0.15) is 0 Å². The van der Waals surface area contributed by atoms with Crippen molar-refractivity contribution >= 4 is 17.3 Å². The van der Waals surface area contributed by atoms with Crippen molar-refractivity contribution in [2.45, 2.75) is 43.9 Å². The summed E-state index contributed by atoms with van der Waals surface area (Å²) in [4.78, 5) is 17.7. The fourth-order valence-corrected chi connectivity index (χ4v) is 5.72. The molecule has 2 N–H and O–H groups in total. The maximum atomic E-state index is 12.9. The molecule has 5 nitrogen and oxygen atoms in total. The van der Waals surface area contributed by atoms with Crippen LogP contribution in [0.3, 0.4) is 0 Å². The van der Waals surface area contributed by atoms with E-state index in [1.807, 2.05) is 18.2 Å². The van der Waals surface area contributed by atoms with Gasteiger partial charge in [-0.1, -0.05) is 30.7 Å². The van der Waals surface area contributed by atoms with Gasteiger partial charge < -0.3 is 15.3 Å². The highest BCUT2D eigenvalue weighted by Crippen LogP contribution is 2.49. The predicted molar refractivity (Wildman–Crippen MR) is 120 cm³/mol. The lowest BCUT2D eigenvalue weighted by atomic mass is 9.68. The number of amides is 1. The van der Waals surface area contributed by atoms with Crippen LogP contribution in [0, 0.1) is 0 Å². The van der Waals surface area contributed by atoms with E-state index in [-0.39, 0.29) is 11.3 Å². The molecule has 30 heavy (non-hydrogen) atoms. The third kappa shape index (κ3) is 3.35. The summed E-state index contributed by atoms with van der Waals surface area (Å²) >= 11 is 0. The second-order valence-electron chi connectivity index (χ2n) is 9.00. The number of aromatic hydroxyl groups is 1. The molecule has 1 aliphatic carbocycles. The molecule has 2 aliphatic heterocycles. The molecule has 0 aromatic heterocycles. The highest BCUT2D eigenvalue weighted by atomic mass is 16.3. The molecular weight excluding hydrogens is 374 g/mol. The number of unbranched alkanes of at least 4 members (excludes halogenated alkanes) is 1. The van der Waals surface area contributed by atoms with E-state index < -0.39 is 0 Å². The van der Waals surface area contributed by atoms with Crippen LogP contribution in [-0.2, 0) is 16.6 Å². The number of para-hydroxylation sites is 2. The smallest absolute Gasteiger partial charge is 0.235 e. The number of aryl methyl sites for hydroxylation is 1. The first-order chi connectivity index (χ1) is 14.7. The monoisotopic (exact) mass is 405 g/mol. The Morgan fingerprint density at radius 1 is 1.00 bits per heavy atom. The molecule has 0 radical (unpaired) electrons. The van der Waals surface area contributed by atoms with Crippen LogP contribution in [0.5, 0.6) is 5.75 Å². The lowest BCUT2D eigenvalue weighted by Gasteiger charge is -2.36. The van der Waals surface area contributed by atoms with Crippen LogP contribution in [0.1, 0.15) is 43.2 Å². The molecule has 3 aliphatic rings. The summed E-state index contributed by atoms with van der Waals surface area (Å²) in [5, 5.41) is 13.2. The number of phenols is 1. The minimum absolute atomic E-state index is 0.223. The fourth-order valence-electron chi connectivity index (χ4n) is 5.72. The number of carbonyl (C=O) groups is 1. The van der Waals surface area contributed by atoms with Gasteiger partial charge >= 0.3 is 0 Å². The molecule has 2 aromatic carbocycles. The molecule has 5 rings (SSSR count). The van der Waals surface area contributed by atoms with Crippen molar-refractivity contribution in [3.63, 3.8) is 0 Å². The van der Waals surface area contributed by atoms with Gasteiger partial charge in [0.15, 0.2) is 0 Å². The number of hydrogen-bond donors (Lipinski definition) is 2. The average Bonchev–Trinajstić information content (AvgIpc) is 3.06. The molecule has 1 fully saturated rings. The summed E-state index contributed by atoms with van der Waals surface area (Å²) in [5.41, 5.74) is 4.39. The predicted octanol–water partition coefficient (Wildman–Crippen LogP) is 3.91. The van der Waals surface area contributed by atoms with Crippen LogP contribution in [0.15, 0.2) is 42.5 Å². The van der Waals surface area contributed by atoms with Crippen LogP contribution in [0.4, 0.5) is 11.4 Å². The Kier molecular flexibility index (Phi) is 5.15. The summed E-state index contributed by atoms with van der Waals surface area (Å²) in [6.07, 6.45) is 6.37. The van der Waals surface area contributed by atoms with Crippen molar-refractivity contribution in [3.05, 3.63) is 53.6 Å². The number of carbonyl (C=O) groups excluding carboxylic acids is 1. The van der Waals surface area contributed by atoms with E-state index in [4.69, 9.17) is 0 Å². The summed E-state index contributed by atoms with van der Waals surface area (Å²) < 4.78 is 0. The lowest BCUT2D eigenvalue weighted by molar-refractivity contribution is -0.121. The first-order valence-corrected chi connectivity index (χ1v) is 11.4. The number of nitrogens with zero attached hydrogens (tertiary/aromatic N) is 2. The quantitative estimate of drug-likeness (QED) is 0.716. The van der Waals surface area contributed by atoms with E-state index in [1.54, 1.807) is 6.07 Å². The third-order valence-electron chi connectivity index (χ3n) is 7.28. The largest absolute Gasteiger partial charge is 0.506 e. The van der Waals surface area contributed by atoms with Crippen molar-refractivity contribution in [2.75, 3.05) is 42.9 Å². The number of phenolic OH excluding ortho intramolecular Hbond substituents is 1. The highest BCUT2D eigenvalue weighted by Gasteiger charge is 2.48. The van der Waals surface area contributed by atoms with Crippen molar-refractivity contribution in [1.29, 1.82) is 0 Å². The van der Waals surface area contributed by atoms with Gasteiger partial charge in [0.05, 0.1) is 11.1 Å².